The number of rotatable bonds is 5. The van der Waals surface area contributed by atoms with E-state index in [-0.39, 0.29) is 5.92 Å². The van der Waals surface area contributed by atoms with Crippen molar-refractivity contribution in [1.29, 1.82) is 0 Å². The molecule has 0 saturated carbocycles. The summed E-state index contributed by atoms with van der Waals surface area (Å²) in [6, 6.07) is 5.17. The maximum absolute atomic E-state index is 12.9. The average molecular weight is 340 g/mol. The van der Waals surface area contributed by atoms with Crippen molar-refractivity contribution in [3.05, 3.63) is 42.0 Å². The van der Waals surface area contributed by atoms with E-state index in [4.69, 9.17) is 4.74 Å². The van der Waals surface area contributed by atoms with Crippen molar-refractivity contribution in [2.24, 2.45) is 0 Å². The highest BCUT2D eigenvalue weighted by atomic mass is 19.4. The van der Waals surface area contributed by atoms with Crippen LogP contribution in [0.3, 0.4) is 0 Å². The zero-order chi connectivity index (χ0) is 17.2. The number of alkyl halides is 3. The molecule has 1 fully saturated rings. The van der Waals surface area contributed by atoms with Crippen molar-refractivity contribution >= 4 is 0 Å². The van der Waals surface area contributed by atoms with E-state index in [2.05, 4.69) is 15.0 Å². The van der Waals surface area contributed by atoms with Crippen LogP contribution in [0.25, 0.3) is 5.69 Å². The van der Waals surface area contributed by atoms with Gasteiger partial charge in [0, 0.05) is 26.1 Å². The van der Waals surface area contributed by atoms with Gasteiger partial charge in [-0.1, -0.05) is 6.07 Å². The van der Waals surface area contributed by atoms with Crippen molar-refractivity contribution in [1.82, 2.24) is 19.7 Å². The molecule has 24 heavy (non-hydrogen) atoms. The summed E-state index contributed by atoms with van der Waals surface area (Å²) in [4.78, 5) is 6.56. The van der Waals surface area contributed by atoms with Crippen molar-refractivity contribution in [3.63, 3.8) is 0 Å². The normalized spacial score (nSPS) is 19.1. The van der Waals surface area contributed by atoms with Crippen LogP contribution in [0.4, 0.5) is 13.2 Å². The van der Waals surface area contributed by atoms with Gasteiger partial charge in [0.1, 0.15) is 12.2 Å². The maximum atomic E-state index is 12.9. The predicted octanol–water partition coefficient (Wildman–Crippen LogP) is 2.72. The second-order valence-electron chi connectivity index (χ2n) is 5.86. The number of ether oxygens (including phenoxy) is 1. The van der Waals surface area contributed by atoms with E-state index in [9.17, 15) is 13.2 Å². The Bertz CT molecular complexity index is 686. The zero-order valence-corrected chi connectivity index (χ0v) is 13.3. The Morgan fingerprint density at radius 3 is 2.92 bits per heavy atom. The van der Waals surface area contributed by atoms with Crippen molar-refractivity contribution < 1.29 is 17.9 Å². The molecule has 1 aliphatic rings. The summed E-state index contributed by atoms with van der Waals surface area (Å²) in [5.41, 5.74) is -0.303. The second kappa shape index (κ2) is 6.90. The van der Waals surface area contributed by atoms with Crippen LogP contribution in [0.1, 0.15) is 23.7 Å². The predicted molar refractivity (Wildman–Crippen MR) is 82.0 cm³/mol. The summed E-state index contributed by atoms with van der Waals surface area (Å²) in [6.45, 7) is 3.22. The number of aromatic nitrogens is 3. The highest BCUT2D eigenvalue weighted by Crippen LogP contribution is 2.31. The number of hydrogen-bond donors (Lipinski definition) is 0. The van der Waals surface area contributed by atoms with Gasteiger partial charge in [0.05, 0.1) is 17.9 Å². The Hall–Kier alpha value is -1.93. The summed E-state index contributed by atoms with van der Waals surface area (Å²) >= 11 is 0. The minimum Gasteiger partial charge on any atom is -0.383 e. The molecule has 0 aliphatic carbocycles. The fraction of sp³-hybridized carbons (Fsp3) is 0.500. The zero-order valence-electron chi connectivity index (χ0n) is 13.3. The van der Waals surface area contributed by atoms with Gasteiger partial charge in [-0.2, -0.15) is 18.3 Å². The van der Waals surface area contributed by atoms with Crippen molar-refractivity contribution in [2.75, 3.05) is 33.4 Å². The van der Waals surface area contributed by atoms with Crippen molar-refractivity contribution in [3.8, 4) is 5.69 Å². The van der Waals surface area contributed by atoms with E-state index < -0.39 is 11.7 Å². The summed E-state index contributed by atoms with van der Waals surface area (Å²) < 4.78 is 45.4. The third-order valence-electron chi connectivity index (χ3n) is 4.24. The van der Waals surface area contributed by atoms with Crippen LogP contribution in [-0.4, -0.2) is 53.0 Å². The largest absolute Gasteiger partial charge is 0.416 e. The standard InChI is InChI=1S/C16H19F3N4O/c1-24-8-7-22-6-5-12(10-22)15-20-11-21-23(15)14-4-2-3-13(9-14)16(17,18)19/h2-4,9,11-12H,5-8,10H2,1H3/t12-/m0/s1. The Morgan fingerprint density at radius 1 is 1.33 bits per heavy atom. The lowest BCUT2D eigenvalue weighted by molar-refractivity contribution is -0.137. The molecule has 0 spiro atoms. The first-order valence-electron chi connectivity index (χ1n) is 7.78. The van der Waals surface area contributed by atoms with Gasteiger partial charge >= 0.3 is 6.18 Å². The van der Waals surface area contributed by atoms with Crippen molar-refractivity contribution in [2.45, 2.75) is 18.5 Å². The summed E-state index contributed by atoms with van der Waals surface area (Å²) in [6.07, 6.45) is -2.07. The van der Waals surface area contributed by atoms with Gasteiger partial charge < -0.3 is 9.64 Å². The topological polar surface area (TPSA) is 43.2 Å². The number of benzene rings is 1. The molecule has 8 heteroatoms. The van der Waals surface area contributed by atoms with Crippen LogP contribution in [-0.2, 0) is 10.9 Å². The van der Waals surface area contributed by atoms with Crippen LogP contribution in [0.15, 0.2) is 30.6 Å². The molecule has 1 aliphatic heterocycles. The Morgan fingerprint density at radius 2 is 2.17 bits per heavy atom. The number of likely N-dealkylation sites (tertiary alicyclic amines) is 1. The molecule has 0 radical (unpaired) electrons. The maximum Gasteiger partial charge on any atom is 0.416 e. The molecule has 1 aromatic carbocycles. The van der Waals surface area contributed by atoms with Crippen LogP contribution in [0.2, 0.25) is 0 Å². The summed E-state index contributed by atoms with van der Waals surface area (Å²) in [5, 5.41) is 4.14. The van der Waals surface area contributed by atoms with Gasteiger partial charge in [-0.25, -0.2) is 9.67 Å². The first kappa shape index (κ1) is 16.9. The SMILES string of the molecule is COCCN1CC[C@H](c2ncnn2-c2cccc(C(F)(F)F)c2)C1. The van der Waals surface area contributed by atoms with Gasteiger partial charge in [-0.15, -0.1) is 0 Å². The third kappa shape index (κ3) is 3.59. The van der Waals surface area contributed by atoms with E-state index >= 15 is 0 Å². The highest BCUT2D eigenvalue weighted by Gasteiger charge is 2.31. The van der Waals surface area contributed by atoms with Gasteiger partial charge in [0.2, 0.25) is 0 Å². The highest BCUT2D eigenvalue weighted by molar-refractivity contribution is 5.37. The Kier molecular flexibility index (Phi) is 4.86. The fourth-order valence-corrected chi connectivity index (χ4v) is 3.01. The Labute approximate surface area is 138 Å². The van der Waals surface area contributed by atoms with Crippen LogP contribution in [0.5, 0.6) is 0 Å². The van der Waals surface area contributed by atoms with Crippen LogP contribution >= 0.6 is 0 Å². The molecule has 0 N–H and O–H groups in total. The molecule has 0 bridgehead atoms. The lowest BCUT2D eigenvalue weighted by Crippen LogP contribution is -2.25. The molecule has 0 amide bonds. The molecular weight excluding hydrogens is 321 g/mol. The van der Waals surface area contributed by atoms with Gasteiger partial charge in [0.15, 0.2) is 0 Å². The average Bonchev–Trinajstić information content (AvgIpc) is 3.21. The Balaban J connectivity index is 1.82. The lowest BCUT2D eigenvalue weighted by Gasteiger charge is -2.16. The molecule has 0 unspecified atom stereocenters. The van der Waals surface area contributed by atoms with E-state index in [0.717, 1.165) is 38.2 Å². The van der Waals surface area contributed by atoms with Gasteiger partial charge in [-0.05, 0) is 31.2 Å². The molecule has 1 aromatic heterocycles. The molecule has 2 heterocycles. The van der Waals surface area contributed by atoms with E-state index in [0.29, 0.717) is 18.1 Å². The first-order valence-corrected chi connectivity index (χ1v) is 7.78. The molecular formula is C16H19F3N4O. The van der Waals surface area contributed by atoms with Gasteiger partial charge in [0.25, 0.3) is 0 Å². The second-order valence-corrected chi connectivity index (χ2v) is 5.86. The van der Waals surface area contributed by atoms with Gasteiger partial charge in [-0.3, -0.25) is 0 Å². The minimum atomic E-state index is -4.37. The lowest BCUT2D eigenvalue weighted by atomic mass is 10.1. The van der Waals surface area contributed by atoms with E-state index in [1.165, 1.54) is 17.1 Å². The number of hydrogen-bond acceptors (Lipinski definition) is 4. The molecule has 5 nitrogen and oxygen atoms in total. The quantitative estimate of drug-likeness (QED) is 0.839. The third-order valence-corrected chi connectivity index (χ3v) is 4.24. The molecule has 2 aromatic rings. The summed E-state index contributed by atoms with van der Waals surface area (Å²) in [5.74, 6) is 0.855. The molecule has 1 saturated heterocycles. The smallest absolute Gasteiger partial charge is 0.383 e. The van der Waals surface area contributed by atoms with Crippen LogP contribution in [0, 0.1) is 0 Å². The minimum absolute atomic E-state index is 0.152. The summed E-state index contributed by atoms with van der Waals surface area (Å²) in [7, 11) is 1.66. The molecule has 3 rings (SSSR count). The fourth-order valence-electron chi connectivity index (χ4n) is 3.01. The first-order chi connectivity index (χ1) is 11.5. The van der Waals surface area contributed by atoms with E-state index in [1.54, 1.807) is 13.2 Å². The molecule has 1 atom stereocenters. The monoisotopic (exact) mass is 340 g/mol. The number of methoxy groups -OCH3 is 1. The van der Waals surface area contributed by atoms with Crippen LogP contribution < -0.4 is 0 Å². The van der Waals surface area contributed by atoms with E-state index in [1.807, 2.05) is 0 Å². The molecule has 130 valence electrons. The number of nitrogens with zero attached hydrogens (tertiary/aromatic N) is 4. The number of halogens is 3.